The largest absolute Gasteiger partial charge is 2.00 e. The van der Waals surface area contributed by atoms with Crippen LogP contribution in [-0.2, 0) is 17.1 Å². The van der Waals surface area contributed by atoms with E-state index in [1.807, 2.05) is 0 Å². The van der Waals surface area contributed by atoms with Gasteiger partial charge in [0.15, 0.2) is 0 Å². The Morgan fingerprint density at radius 2 is 0.424 bits per heavy atom. The molecule has 0 aromatic carbocycles. The first-order valence-corrected chi connectivity index (χ1v) is 14.0. The van der Waals surface area contributed by atoms with E-state index in [-0.39, 0.29) is 28.0 Å². The summed E-state index contributed by atoms with van der Waals surface area (Å²) in [7, 11) is -21.3. The number of hydrogen-bond donors (Lipinski definition) is 0. The van der Waals surface area contributed by atoms with Gasteiger partial charge in [-0.2, -0.15) is 0 Å². The van der Waals surface area contributed by atoms with Gasteiger partial charge in [-0.3, -0.25) is 0 Å². The molecule has 0 aromatic rings. The fourth-order valence-corrected chi connectivity index (χ4v) is 2.27. The first kappa shape index (κ1) is 46.8. The second-order valence-corrected chi connectivity index (χ2v) is 11.0. The second-order valence-electron chi connectivity index (χ2n) is 7.16. The molecular weight excluding hydrogens is 569 g/mol. The Kier molecular flexibility index (Phi) is 23.0. The second kappa shape index (κ2) is 16.3. The van der Waals surface area contributed by atoms with E-state index in [1.165, 1.54) is 89.9 Å². The molecule has 0 aliphatic rings. The number of hydrogen-bond acceptors (Lipinski definition) is 0. The van der Waals surface area contributed by atoms with E-state index < -0.39 is 15.6 Å². The van der Waals surface area contributed by atoms with Crippen molar-refractivity contribution in [2.75, 3.05) is 0 Å². The predicted octanol–water partition coefficient (Wildman–Crippen LogP) is 11.6. The molecule has 0 bridgehead atoms. The van der Waals surface area contributed by atoms with Gasteiger partial charge in [0.25, 0.3) is 0 Å². The van der Waals surface area contributed by atoms with E-state index in [0.29, 0.717) is 0 Å². The zero-order valence-corrected chi connectivity index (χ0v) is 21.7. The van der Waals surface area contributed by atoms with Crippen molar-refractivity contribution in [2.45, 2.75) is 104 Å². The minimum Gasteiger partial charge on any atom is -0.412 e. The van der Waals surface area contributed by atoms with Crippen LogP contribution < -0.4 is 0 Å². The summed E-state index contributed by atoms with van der Waals surface area (Å²) in [5, 5.41) is 0. The van der Waals surface area contributed by atoms with Gasteiger partial charge in [-0.1, -0.05) is 104 Å². The van der Waals surface area contributed by atoms with Crippen LogP contribution in [-0.4, -0.2) is 11.0 Å². The maximum absolute atomic E-state index is 10.7. The molecule has 0 heterocycles. The van der Waals surface area contributed by atoms with Crippen molar-refractivity contribution in [2.24, 2.45) is 0 Å². The van der Waals surface area contributed by atoms with E-state index >= 15 is 0 Å². The fraction of sp³-hybridized carbons (Fsp3) is 1.00. The third-order valence-electron chi connectivity index (χ3n) is 3.46. The molecule has 33 heavy (non-hydrogen) atoms. The Balaban J connectivity index is -0.0000000907. The van der Waals surface area contributed by atoms with E-state index in [1.54, 1.807) is 0 Å². The number of rotatable bonds is 13. The summed E-state index contributed by atoms with van der Waals surface area (Å²) in [4.78, 5) is 0. The molecule has 0 saturated carbocycles. The van der Waals surface area contributed by atoms with Crippen molar-refractivity contribution in [1.82, 2.24) is 0 Å². The van der Waals surface area contributed by atoms with Crippen molar-refractivity contribution in [3.63, 3.8) is 0 Å². The fourth-order valence-electron chi connectivity index (χ4n) is 2.27. The standard InChI is InChI=1S/C16H34.2F6P.Mn.2H2O/c1-3-5-7-9-11-13-15-16-14-12-10-8-6-4-2;2*1-7(2,3,4,5)6;;;/h3-16H2,1-2H3;;;;2*1H2/q;2*-1;+2;;. The Hall–Kier alpha value is 0.459. The Morgan fingerprint density at radius 3 is 0.515 bits per heavy atom. The quantitative estimate of drug-likeness (QED) is 0.0866. The number of unbranched alkanes of at least 4 members (excludes halogenated alkanes) is 13. The van der Waals surface area contributed by atoms with Crippen LogP contribution in [0, 0.1) is 0 Å². The van der Waals surface area contributed by atoms with Gasteiger partial charge in [-0.15, -0.1) is 0 Å². The molecule has 0 aliphatic heterocycles. The summed E-state index contributed by atoms with van der Waals surface area (Å²) in [6.45, 7) is 4.58. The van der Waals surface area contributed by atoms with Crippen LogP contribution in [0.3, 0.4) is 0 Å². The van der Waals surface area contributed by atoms with Gasteiger partial charge in [0, 0.05) is 0 Å². The van der Waals surface area contributed by atoms with Crippen molar-refractivity contribution >= 4 is 15.6 Å². The van der Waals surface area contributed by atoms with E-state index in [0.717, 1.165) is 0 Å². The van der Waals surface area contributed by atoms with Crippen LogP contribution >= 0.6 is 15.6 Å². The van der Waals surface area contributed by atoms with Gasteiger partial charge in [-0.05, 0) is 0 Å². The zero-order valence-electron chi connectivity index (χ0n) is 18.7. The third-order valence-corrected chi connectivity index (χ3v) is 3.46. The minimum absolute atomic E-state index is 0. The van der Waals surface area contributed by atoms with Crippen LogP contribution in [0.5, 0.6) is 0 Å². The average Bonchev–Trinajstić information content (AvgIpc) is 2.42. The minimum atomic E-state index is -10.7. The molecule has 1 radical (unpaired) electrons. The topological polar surface area (TPSA) is 63.0 Å². The van der Waals surface area contributed by atoms with Crippen molar-refractivity contribution in [3.05, 3.63) is 0 Å². The SMILES string of the molecule is CCCCCCCCCCCCCCCC.F[P-](F)(F)(F)(F)F.F[P-](F)(F)(F)(F)F.O.O.[Mn+2]. The molecule has 0 saturated heterocycles. The smallest absolute Gasteiger partial charge is 0.412 e. The first-order chi connectivity index (χ1) is 12.8. The van der Waals surface area contributed by atoms with Gasteiger partial charge >= 0.3 is 83.0 Å². The van der Waals surface area contributed by atoms with E-state index in [4.69, 9.17) is 0 Å². The molecule has 0 rings (SSSR count). The van der Waals surface area contributed by atoms with Crippen LogP contribution in [0.4, 0.5) is 50.4 Å². The molecule has 0 amide bonds. The van der Waals surface area contributed by atoms with Crippen LogP contribution in [0.25, 0.3) is 0 Å². The summed E-state index contributed by atoms with van der Waals surface area (Å²) >= 11 is 0. The molecule has 2 nitrogen and oxygen atoms in total. The molecule has 17 heteroatoms. The van der Waals surface area contributed by atoms with Gasteiger partial charge in [0.1, 0.15) is 0 Å². The predicted molar refractivity (Wildman–Crippen MR) is 110 cm³/mol. The molecule has 0 spiro atoms. The molecule has 0 fully saturated rings. The Bertz CT molecular complexity index is 375. The molecule has 0 atom stereocenters. The molecular formula is C16H38F12MnO2P2. The van der Waals surface area contributed by atoms with Gasteiger partial charge in [-0.25, -0.2) is 0 Å². The van der Waals surface area contributed by atoms with Crippen LogP contribution in [0.15, 0.2) is 0 Å². The average molecular weight is 607 g/mol. The molecule has 0 aromatic heterocycles. The maximum atomic E-state index is 9.87. The molecule has 0 unspecified atom stereocenters. The summed E-state index contributed by atoms with van der Waals surface area (Å²) < 4.78 is 118. The van der Waals surface area contributed by atoms with E-state index in [9.17, 15) is 50.4 Å². The summed E-state index contributed by atoms with van der Waals surface area (Å²) in [6, 6.07) is 0. The van der Waals surface area contributed by atoms with Crippen LogP contribution in [0.2, 0.25) is 0 Å². The molecule has 215 valence electrons. The normalized spacial score (nSPS) is 15.1. The molecule has 4 N–H and O–H groups in total. The third kappa shape index (κ3) is 166. The van der Waals surface area contributed by atoms with Crippen LogP contribution in [0.1, 0.15) is 104 Å². The Labute approximate surface area is 198 Å². The summed E-state index contributed by atoms with van der Waals surface area (Å²) in [5.41, 5.74) is 0. The number of halogens is 12. The maximum Gasteiger partial charge on any atom is 2.00 e. The van der Waals surface area contributed by atoms with Gasteiger partial charge < -0.3 is 11.0 Å². The van der Waals surface area contributed by atoms with E-state index in [2.05, 4.69) is 13.8 Å². The van der Waals surface area contributed by atoms with Crippen molar-refractivity contribution in [1.29, 1.82) is 0 Å². The van der Waals surface area contributed by atoms with Gasteiger partial charge in [0.2, 0.25) is 0 Å². The first-order valence-electron chi connectivity index (χ1n) is 9.94. The van der Waals surface area contributed by atoms with Crippen molar-refractivity contribution < 1.29 is 78.4 Å². The zero-order chi connectivity index (χ0) is 24.7. The van der Waals surface area contributed by atoms with Crippen molar-refractivity contribution in [3.8, 4) is 0 Å². The van der Waals surface area contributed by atoms with Gasteiger partial charge in [0.05, 0.1) is 0 Å². The molecule has 0 aliphatic carbocycles. The summed E-state index contributed by atoms with van der Waals surface area (Å²) in [5.74, 6) is 0. The monoisotopic (exact) mass is 607 g/mol. The summed E-state index contributed by atoms with van der Waals surface area (Å²) in [6.07, 6.45) is 20.4. The Morgan fingerprint density at radius 1 is 0.333 bits per heavy atom.